The van der Waals surface area contributed by atoms with E-state index in [4.69, 9.17) is 68.0 Å². The molecular formula is C54H44Cl4N10O11S2. The highest BCUT2D eigenvalue weighted by atomic mass is 35.5. The number of rotatable bonds is 13. The van der Waals surface area contributed by atoms with Gasteiger partial charge in [-0.25, -0.2) is 45.5 Å². The molecule has 0 radical (unpaired) electrons. The van der Waals surface area contributed by atoms with Crippen molar-refractivity contribution in [3.8, 4) is 34.2 Å². The number of hydrogen-bond acceptors (Lipinski definition) is 13. The number of aromatic amines is 1. The van der Waals surface area contributed by atoms with Crippen molar-refractivity contribution in [2.45, 2.75) is 36.0 Å². The first-order chi connectivity index (χ1) is 38.4. The van der Waals surface area contributed by atoms with Gasteiger partial charge in [-0.3, -0.25) is 37.9 Å². The highest BCUT2D eigenvalue weighted by molar-refractivity contribution is 7.91. The summed E-state index contributed by atoms with van der Waals surface area (Å²) < 4.78 is 51.6. The Hall–Kier alpha value is -8.42. The fraction of sp³-hybridized carbons (Fsp3) is 0.111. The average molecular weight is 1210 g/mol. The molecular weight excluding hydrogens is 1170 g/mol. The molecule has 81 heavy (non-hydrogen) atoms. The second-order valence-corrected chi connectivity index (χ2v) is 23.5. The lowest BCUT2D eigenvalue weighted by Gasteiger charge is -2.13. The third-order valence-corrected chi connectivity index (χ3v) is 15.5. The van der Waals surface area contributed by atoms with Crippen molar-refractivity contribution >= 4 is 100 Å². The van der Waals surface area contributed by atoms with E-state index in [1.165, 1.54) is 28.8 Å². The zero-order chi connectivity index (χ0) is 58.7. The molecule has 10 aromatic rings. The van der Waals surface area contributed by atoms with Crippen LogP contribution >= 0.6 is 46.4 Å². The van der Waals surface area contributed by atoms with E-state index in [1.807, 2.05) is 0 Å². The van der Waals surface area contributed by atoms with Gasteiger partial charge < -0.3 is 16.6 Å². The molecule has 21 nitrogen and oxygen atoms in total. The van der Waals surface area contributed by atoms with Crippen molar-refractivity contribution in [2.24, 2.45) is 11.5 Å². The van der Waals surface area contributed by atoms with Crippen molar-refractivity contribution in [2.75, 3.05) is 12.5 Å². The highest BCUT2D eigenvalue weighted by Crippen LogP contribution is 2.34. The highest BCUT2D eigenvalue weighted by Gasteiger charge is 2.26. The maximum atomic E-state index is 13.8. The Labute approximate surface area is 479 Å². The first kappa shape index (κ1) is 58.7. The standard InChI is InChI=1S/C27H21Cl2N5O5S.C19H13Cl2N5O3.C8H10O3S/c1-40(38,39)19-12-6-16(7-13-19)14-32-25-23(26(36)33(27(32)37)15-22(30)35)34(18-10-8-17(28)9-11-18)24(31-25)20-4-2-3-5-21(20)29;20-10-5-7-11(8-6-10)26-15-16(23-17(26)12-3-1-2-4-13(12)21)24-19(29)25(18(15)28)9-14(22)27;1-12(10,11)8-4-2-7(6-9)3-5-8/h2-13H,14-15H2,1H3,(H2,30,35);1-8H,9H2,(H2,22,27)(H,24,29);2-5,9H,6H2,1H3. The van der Waals surface area contributed by atoms with Gasteiger partial charge >= 0.3 is 11.4 Å². The van der Waals surface area contributed by atoms with Gasteiger partial charge in [0, 0.05) is 45.1 Å². The number of hydrogen-bond donors (Lipinski definition) is 4. The number of primary amides is 2. The molecule has 0 spiro atoms. The van der Waals surface area contributed by atoms with E-state index in [-0.39, 0.29) is 51.1 Å². The number of imidazole rings is 2. The molecule has 4 aromatic heterocycles. The lowest BCUT2D eigenvalue weighted by molar-refractivity contribution is -0.119. The lowest BCUT2D eigenvalue weighted by Crippen LogP contribution is -2.43. The normalized spacial score (nSPS) is 11.4. The summed E-state index contributed by atoms with van der Waals surface area (Å²) in [5.41, 5.74) is 11.1. The van der Waals surface area contributed by atoms with Crippen LogP contribution in [0.1, 0.15) is 11.1 Å². The molecule has 27 heteroatoms. The summed E-state index contributed by atoms with van der Waals surface area (Å²) in [6.45, 7) is -1.37. The molecule has 416 valence electrons. The van der Waals surface area contributed by atoms with Crippen LogP contribution in [0.4, 0.5) is 0 Å². The molecule has 0 aliphatic rings. The van der Waals surface area contributed by atoms with Crippen LogP contribution in [0.25, 0.3) is 56.5 Å². The topological polar surface area (TPSA) is 309 Å². The second kappa shape index (κ2) is 24.1. The Bertz CT molecular complexity index is 4560. The minimum Gasteiger partial charge on any atom is -0.392 e. The van der Waals surface area contributed by atoms with Crippen molar-refractivity contribution in [3.05, 3.63) is 218 Å². The molecule has 6 aromatic carbocycles. The number of halogens is 4. The molecule has 6 N–H and O–H groups in total. The summed E-state index contributed by atoms with van der Waals surface area (Å²) >= 11 is 25.0. The molecule has 10 rings (SSSR count). The van der Waals surface area contributed by atoms with Gasteiger partial charge in [-0.15, -0.1) is 0 Å². The van der Waals surface area contributed by atoms with Gasteiger partial charge in [-0.05, 0) is 108 Å². The first-order valence-corrected chi connectivity index (χ1v) is 28.9. The summed E-state index contributed by atoms with van der Waals surface area (Å²) in [6.07, 6.45) is 2.25. The van der Waals surface area contributed by atoms with Crippen LogP contribution in [-0.2, 0) is 55.5 Å². The second-order valence-electron chi connectivity index (χ2n) is 17.8. The summed E-state index contributed by atoms with van der Waals surface area (Å²) in [7, 11) is -6.54. The quantitative estimate of drug-likeness (QED) is 0.100. The van der Waals surface area contributed by atoms with E-state index < -0.39 is 67.1 Å². The van der Waals surface area contributed by atoms with Crippen LogP contribution in [0.2, 0.25) is 20.1 Å². The van der Waals surface area contributed by atoms with Gasteiger partial charge in [0.25, 0.3) is 11.1 Å². The Kier molecular flexibility index (Phi) is 17.5. The third-order valence-electron chi connectivity index (χ3n) is 12.1. The molecule has 0 atom stereocenters. The van der Waals surface area contributed by atoms with E-state index in [0.717, 1.165) is 21.6 Å². The van der Waals surface area contributed by atoms with E-state index in [9.17, 15) is 45.6 Å². The number of fused-ring (bicyclic) bond motifs is 2. The zero-order valence-corrected chi connectivity index (χ0v) is 47.0. The summed E-state index contributed by atoms with van der Waals surface area (Å²) in [4.78, 5) is 88.1. The monoisotopic (exact) mass is 1210 g/mol. The predicted octanol–water partition coefficient (Wildman–Crippen LogP) is 6.18. The van der Waals surface area contributed by atoms with Crippen LogP contribution in [0.5, 0.6) is 0 Å². The van der Waals surface area contributed by atoms with Crippen molar-refractivity contribution < 1.29 is 31.5 Å². The number of carbonyl (C=O) groups is 2. The van der Waals surface area contributed by atoms with E-state index in [2.05, 4.69) is 9.97 Å². The Morgan fingerprint density at radius 3 is 1.41 bits per heavy atom. The first-order valence-electron chi connectivity index (χ1n) is 23.6. The van der Waals surface area contributed by atoms with Crippen LogP contribution in [0, 0.1) is 0 Å². The Balaban J connectivity index is 0.000000182. The predicted molar refractivity (Wildman–Crippen MR) is 309 cm³/mol. The number of benzene rings is 6. The fourth-order valence-corrected chi connectivity index (χ4v) is 10.2. The number of sulfone groups is 2. The number of carbonyl (C=O) groups excluding carboxylic acids is 2. The fourth-order valence-electron chi connectivity index (χ4n) is 8.27. The van der Waals surface area contributed by atoms with Crippen molar-refractivity contribution in [1.82, 2.24) is 37.8 Å². The molecule has 0 saturated heterocycles. The van der Waals surface area contributed by atoms with Gasteiger partial charge in [-0.1, -0.05) is 94.9 Å². The SMILES string of the molecule is CS(=O)(=O)c1ccc(CO)cc1.CS(=O)(=O)c1ccc(Cn2c(=O)n(CC(N)=O)c(=O)c3c2nc(-c2ccccc2Cl)n3-c2ccc(Cl)cc2)cc1.NC(=O)Cn1c(=O)[nH]c2nc(-c3ccccc3Cl)n(-c3ccc(Cl)cc3)c2c1=O. The van der Waals surface area contributed by atoms with Gasteiger partial charge in [0.05, 0.1) is 33.0 Å². The minimum atomic E-state index is -3.43. The minimum absolute atomic E-state index is 0.00542. The Morgan fingerprint density at radius 2 is 0.963 bits per heavy atom. The summed E-state index contributed by atoms with van der Waals surface area (Å²) in [5.74, 6) is -1.08. The molecule has 4 heterocycles. The Morgan fingerprint density at radius 1 is 0.543 bits per heavy atom. The van der Waals surface area contributed by atoms with Gasteiger partial charge in [0.1, 0.15) is 24.7 Å². The van der Waals surface area contributed by atoms with E-state index >= 15 is 0 Å². The number of amides is 2. The van der Waals surface area contributed by atoms with Crippen LogP contribution < -0.4 is 34.0 Å². The number of aliphatic hydroxyl groups is 1. The molecule has 2 amide bonds. The largest absolute Gasteiger partial charge is 0.392 e. The van der Waals surface area contributed by atoms with Gasteiger partial charge in [0.15, 0.2) is 42.0 Å². The van der Waals surface area contributed by atoms with Crippen molar-refractivity contribution in [3.63, 3.8) is 0 Å². The van der Waals surface area contributed by atoms with Crippen LogP contribution in [0.3, 0.4) is 0 Å². The third kappa shape index (κ3) is 13.0. The van der Waals surface area contributed by atoms with E-state index in [0.29, 0.717) is 59.5 Å². The van der Waals surface area contributed by atoms with Gasteiger partial charge in [-0.2, -0.15) is 0 Å². The lowest BCUT2D eigenvalue weighted by atomic mass is 10.2. The molecule has 0 unspecified atom stereocenters. The van der Waals surface area contributed by atoms with Crippen molar-refractivity contribution in [1.29, 1.82) is 0 Å². The molecule has 0 bridgehead atoms. The molecule has 0 aliphatic heterocycles. The smallest absolute Gasteiger partial charge is 0.333 e. The number of H-pyrrole nitrogens is 1. The van der Waals surface area contributed by atoms with Gasteiger partial charge in [0.2, 0.25) is 11.8 Å². The molecule has 0 aliphatic carbocycles. The number of nitrogens with two attached hydrogens (primary N) is 2. The summed E-state index contributed by atoms with van der Waals surface area (Å²) in [6, 6.07) is 39.4. The number of nitrogens with zero attached hydrogens (tertiary/aromatic N) is 7. The number of aromatic nitrogens is 8. The maximum absolute atomic E-state index is 13.8. The van der Waals surface area contributed by atoms with E-state index in [1.54, 1.807) is 130 Å². The average Bonchev–Trinajstić information content (AvgIpc) is 4.01. The number of nitrogens with one attached hydrogen (secondary N) is 1. The number of aliphatic hydroxyl groups excluding tert-OH is 1. The van der Waals surface area contributed by atoms with Crippen LogP contribution in [-0.4, -0.2) is 84.1 Å². The maximum Gasteiger partial charge on any atom is 0.333 e. The molecule has 0 fully saturated rings. The zero-order valence-electron chi connectivity index (χ0n) is 42.3. The summed E-state index contributed by atoms with van der Waals surface area (Å²) in [5, 5.41) is 10.4. The molecule has 0 saturated carbocycles. The van der Waals surface area contributed by atoms with Crippen LogP contribution in [0.15, 0.2) is 175 Å².